The number of ether oxygens (including phenoxy) is 1. The topological polar surface area (TPSA) is 26.3 Å². The van der Waals surface area contributed by atoms with Crippen LogP contribution in [0.15, 0.2) is 12.2 Å². The second-order valence-corrected chi connectivity index (χ2v) is 11.3. The minimum Gasteiger partial charge on any atom is -0.463 e. The standard InChI is InChI=1S/C27H44O2/c1-4-29-25(28)12-7-5-6-10-21-14-16-23-22-15-13-20-11-8-9-18-26(20,2)24(22)17-19-27(21,23)3/h7,12,20-24H,4-6,8-11,13-19H2,1-3H3/b12-7+. The van der Waals surface area contributed by atoms with Crippen molar-refractivity contribution >= 4 is 5.97 Å². The van der Waals surface area contributed by atoms with E-state index in [9.17, 15) is 4.79 Å². The Labute approximate surface area is 179 Å². The lowest BCUT2D eigenvalue weighted by atomic mass is 9.45. The SMILES string of the molecule is CCOC(=O)/C=C/CCCC1CCC2C3CCC4CCCCC4(C)C3CCC12C. The molecule has 2 heteroatoms. The summed E-state index contributed by atoms with van der Waals surface area (Å²) >= 11 is 0. The lowest BCUT2D eigenvalue weighted by Crippen LogP contribution is -2.52. The Morgan fingerprint density at radius 2 is 1.79 bits per heavy atom. The summed E-state index contributed by atoms with van der Waals surface area (Å²) in [7, 11) is 0. The van der Waals surface area contributed by atoms with Crippen molar-refractivity contribution < 1.29 is 9.53 Å². The van der Waals surface area contributed by atoms with Crippen LogP contribution in [0.5, 0.6) is 0 Å². The maximum absolute atomic E-state index is 11.5. The number of esters is 1. The van der Waals surface area contributed by atoms with Crippen molar-refractivity contribution in [2.45, 2.75) is 104 Å². The summed E-state index contributed by atoms with van der Waals surface area (Å²) in [5.74, 6) is 4.77. The maximum atomic E-state index is 11.5. The molecule has 0 radical (unpaired) electrons. The second kappa shape index (κ2) is 8.75. The summed E-state index contributed by atoms with van der Waals surface area (Å²) in [6.45, 7) is 7.68. The summed E-state index contributed by atoms with van der Waals surface area (Å²) in [5.41, 5.74) is 1.25. The van der Waals surface area contributed by atoms with Crippen LogP contribution in [0.1, 0.15) is 104 Å². The molecule has 7 unspecified atom stereocenters. The number of hydrogen-bond acceptors (Lipinski definition) is 2. The first kappa shape index (κ1) is 21.4. The molecule has 164 valence electrons. The van der Waals surface area contributed by atoms with Crippen molar-refractivity contribution in [2.24, 2.45) is 40.4 Å². The lowest BCUT2D eigenvalue weighted by Gasteiger charge is -2.60. The van der Waals surface area contributed by atoms with E-state index in [1.807, 2.05) is 13.0 Å². The van der Waals surface area contributed by atoms with E-state index in [1.54, 1.807) is 6.08 Å². The van der Waals surface area contributed by atoms with Crippen LogP contribution in [-0.2, 0) is 9.53 Å². The smallest absolute Gasteiger partial charge is 0.330 e. The summed E-state index contributed by atoms with van der Waals surface area (Å²) in [5, 5.41) is 0. The van der Waals surface area contributed by atoms with E-state index in [0.717, 1.165) is 36.0 Å². The molecule has 4 aliphatic carbocycles. The molecule has 29 heavy (non-hydrogen) atoms. The van der Waals surface area contributed by atoms with Crippen LogP contribution in [0.3, 0.4) is 0 Å². The first-order valence-electron chi connectivity index (χ1n) is 12.8. The van der Waals surface area contributed by atoms with Crippen molar-refractivity contribution in [1.82, 2.24) is 0 Å². The van der Waals surface area contributed by atoms with Gasteiger partial charge in [-0.05, 0) is 118 Å². The Kier molecular flexibility index (Phi) is 6.47. The molecule has 0 N–H and O–H groups in total. The fourth-order valence-electron chi connectivity index (χ4n) is 8.73. The Morgan fingerprint density at radius 1 is 0.966 bits per heavy atom. The average Bonchev–Trinajstić information content (AvgIpc) is 3.04. The molecule has 4 rings (SSSR count). The van der Waals surface area contributed by atoms with Gasteiger partial charge in [0.15, 0.2) is 0 Å². The predicted molar refractivity (Wildman–Crippen MR) is 119 cm³/mol. The molecule has 0 saturated heterocycles. The van der Waals surface area contributed by atoms with E-state index in [0.29, 0.717) is 17.4 Å². The van der Waals surface area contributed by atoms with Crippen LogP contribution in [0.2, 0.25) is 0 Å². The third kappa shape index (κ3) is 3.94. The van der Waals surface area contributed by atoms with Gasteiger partial charge in [-0.1, -0.05) is 32.8 Å². The van der Waals surface area contributed by atoms with Crippen molar-refractivity contribution in [3.63, 3.8) is 0 Å². The van der Waals surface area contributed by atoms with Crippen molar-refractivity contribution in [1.29, 1.82) is 0 Å². The van der Waals surface area contributed by atoms with Gasteiger partial charge in [0, 0.05) is 6.08 Å². The summed E-state index contributed by atoms with van der Waals surface area (Å²) < 4.78 is 4.98. The molecule has 0 amide bonds. The van der Waals surface area contributed by atoms with Crippen LogP contribution in [-0.4, -0.2) is 12.6 Å². The molecule has 4 aliphatic rings. The molecule has 4 fully saturated rings. The highest BCUT2D eigenvalue weighted by atomic mass is 16.5. The zero-order valence-corrected chi connectivity index (χ0v) is 19.3. The number of hydrogen-bond donors (Lipinski definition) is 0. The van der Waals surface area contributed by atoms with E-state index in [4.69, 9.17) is 4.74 Å². The minimum absolute atomic E-state index is 0.189. The van der Waals surface area contributed by atoms with E-state index in [1.165, 1.54) is 77.0 Å². The fourth-order valence-corrected chi connectivity index (χ4v) is 8.73. The Bertz CT molecular complexity index is 610. The van der Waals surface area contributed by atoms with Crippen molar-refractivity contribution in [3.8, 4) is 0 Å². The molecule has 0 aromatic carbocycles. The predicted octanol–water partition coefficient (Wildman–Crippen LogP) is 7.33. The Morgan fingerprint density at radius 3 is 2.62 bits per heavy atom. The van der Waals surface area contributed by atoms with Gasteiger partial charge in [0.2, 0.25) is 0 Å². The highest BCUT2D eigenvalue weighted by Gasteiger charge is 2.59. The molecular weight excluding hydrogens is 356 g/mol. The first-order chi connectivity index (χ1) is 14.0. The monoisotopic (exact) mass is 400 g/mol. The van der Waals surface area contributed by atoms with E-state index in [2.05, 4.69) is 13.8 Å². The van der Waals surface area contributed by atoms with Crippen LogP contribution >= 0.6 is 0 Å². The number of carbonyl (C=O) groups is 1. The molecule has 0 aromatic heterocycles. The molecule has 7 atom stereocenters. The zero-order valence-electron chi connectivity index (χ0n) is 19.3. The molecule has 0 heterocycles. The number of rotatable bonds is 6. The van der Waals surface area contributed by atoms with Gasteiger partial charge in [-0.25, -0.2) is 4.79 Å². The van der Waals surface area contributed by atoms with Gasteiger partial charge in [0.1, 0.15) is 0 Å². The Balaban J connectivity index is 1.35. The molecule has 2 nitrogen and oxygen atoms in total. The third-order valence-corrected chi connectivity index (χ3v) is 10.2. The van der Waals surface area contributed by atoms with Gasteiger partial charge in [-0.3, -0.25) is 0 Å². The summed E-state index contributed by atoms with van der Waals surface area (Å²) in [6, 6.07) is 0. The number of unbranched alkanes of at least 4 members (excludes halogenated alkanes) is 1. The maximum Gasteiger partial charge on any atom is 0.330 e. The molecule has 0 aromatic rings. The molecule has 0 bridgehead atoms. The second-order valence-electron chi connectivity index (χ2n) is 11.3. The highest BCUT2D eigenvalue weighted by Crippen LogP contribution is 2.67. The van der Waals surface area contributed by atoms with Crippen LogP contribution in [0.4, 0.5) is 0 Å². The average molecular weight is 401 g/mol. The fraction of sp³-hybridized carbons (Fsp3) is 0.889. The normalized spacial score (nSPS) is 44.2. The first-order valence-corrected chi connectivity index (χ1v) is 12.8. The van der Waals surface area contributed by atoms with E-state index < -0.39 is 0 Å². The van der Waals surface area contributed by atoms with Crippen LogP contribution in [0.25, 0.3) is 0 Å². The molecule has 0 spiro atoms. The van der Waals surface area contributed by atoms with Crippen molar-refractivity contribution in [2.75, 3.05) is 6.61 Å². The number of fused-ring (bicyclic) bond motifs is 5. The Hall–Kier alpha value is -0.790. The molecule has 0 aliphatic heterocycles. The van der Waals surface area contributed by atoms with E-state index >= 15 is 0 Å². The largest absolute Gasteiger partial charge is 0.463 e. The van der Waals surface area contributed by atoms with Crippen LogP contribution < -0.4 is 0 Å². The molecular formula is C27H44O2. The van der Waals surface area contributed by atoms with Gasteiger partial charge in [-0.2, -0.15) is 0 Å². The van der Waals surface area contributed by atoms with Gasteiger partial charge in [0.05, 0.1) is 6.61 Å². The van der Waals surface area contributed by atoms with Gasteiger partial charge in [-0.15, -0.1) is 0 Å². The van der Waals surface area contributed by atoms with Gasteiger partial charge < -0.3 is 4.74 Å². The van der Waals surface area contributed by atoms with Crippen LogP contribution in [0, 0.1) is 40.4 Å². The third-order valence-electron chi connectivity index (χ3n) is 10.2. The van der Waals surface area contributed by atoms with Crippen molar-refractivity contribution in [3.05, 3.63) is 12.2 Å². The van der Waals surface area contributed by atoms with Gasteiger partial charge >= 0.3 is 5.97 Å². The highest BCUT2D eigenvalue weighted by molar-refractivity contribution is 5.81. The number of allylic oxidation sites excluding steroid dienone is 1. The quantitative estimate of drug-likeness (QED) is 0.265. The van der Waals surface area contributed by atoms with Gasteiger partial charge in [0.25, 0.3) is 0 Å². The van der Waals surface area contributed by atoms with E-state index in [-0.39, 0.29) is 5.97 Å². The lowest BCUT2D eigenvalue weighted by molar-refractivity contribution is -0.137. The molecule has 4 saturated carbocycles. The summed E-state index contributed by atoms with van der Waals surface area (Å²) in [4.78, 5) is 11.5. The minimum atomic E-state index is -0.189. The zero-order chi connectivity index (χ0) is 20.5. The summed E-state index contributed by atoms with van der Waals surface area (Å²) in [6.07, 6.45) is 22.2. The number of carbonyl (C=O) groups excluding carboxylic acids is 1.